The van der Waals surface area contributed by atoms with E-state index in [1.165, 1.54) is 0 Å². The number of nitrogens with two attached hydrogens (primary N) is 1. The van der Waals surface area contributed by atoms with Crippen LogP contribution in [0.4, 0.5) is 17.5 Å². The summed E-state index contributed by atoms with van der Waals surface area (Å²) in [5.74, 6) is 0.882. The zero-order valence-electron chi connectivity index (χ0n) is 8.74. The fourth-order valence-electron chi connectivity index (χ4n) is 1.33. The fraction of sp³-hybridized carbons (Fsp3) is 0.0909. The number of nitrogen functional groups attached to an aromatic ring is 1. The van der Waals surface area contributed by atoms with Crippen molar-refractivity contribution in [2.45, 2.75) is 6.92 Å². The lowest BCUT2D eigenvalue weighted by Crippen LogP contribution is -2.01. The molecule has 0 saturated heterocycles. The van der Waals surface area contributed by atoms with Crippen LogP contribution in [0.5, 0.6) is 0 Å². The number of hydrogen-bond acceptors (Lipinski definition) is 4. The molecule has 1 aromatic carbocycles. The second kappa shape index (κ2) is 4.37. The van der Waals surface area contributed by atoms with Crippen molar-refractivity contribution < 1.29 is 0 Å². The van der Waals surface area contributed by atoms with Gasteiger partial charge in [-0.2, -0.15) is 4.98 Å². The van der Waals surface area contributed by atoms with Crippen molar-refractivity contribution >= 4 is 29.1 Å². The minimum Gasteiger partial charge on any atom is -0.384 e. The molecule has 3 N–H and O–H groups in total. The van der Waals surface area contributed by atoms with Crippen LogP contribution < -0.4 is 11.1 Å². The molecule has 16 heavy (non-hydrogen) atoms. The van der Waals surface area contributed by atoms with Crippen LogP contribution >= 0.6 is 11.6 Å². The summed E-state index contributed by atoms with van der Waals surface area (Å²) in [6.07, 6.45) is 0. The number of nitrogens with one attached hydrogen (secondary N) is 1. The molecule has 0 aliphatic carbocycles. The summed E-state index contributed by atoms with van der Waals surface area (Å²) in [5.41, 5.74) is 7.19. The summed E-state index contributed by atoms with van der Waals surface area (Å²) in [7, 11) is 0. The Hall–Kier alpha value is -1.81. The normalized spacial score (nSPS) is 10.1. The lowest BCUT2D eigenvalue weighted by Gasteiger charge is -2.07. The highest BCUT2D eigenvalue weighted by Gasteiger charge is 2.03. The number of hydrogen-bond donors (Lipinski definition) is 2. The Bertz CT molecular complexity index is 493. The third-order valence-corrected chi connectivity index (χ3v) is 2.32. The average Bonchev–Trinajstić information content (AvgIpc) is 2.20. The van der Waals surface area contributed by atoms with Gasteiger partial charge < -0.3 is 11.1 Å². The van der Waals surface area contributed by atoms with E-state index in [-0.39, 0.29) is 0 Å². The van der Waals surface area contributed by atoms with E-state index in [1.54, 1.807) is 12.1 Å². The Balaban J connectivity index is 2.30. The van der Waals surface area contributed by atoms with Crippen molar-refractivity contribution in [2.75, 3.05) is 11.1 Å². The van der Waals surface area contributed by atoms with Gasteiger partial charge in [0.2, 0.25) is 5.95 Å². The van der Waals surface area contributed by atoms with Crippen LogP contribution in [0.25, 0.3) is 0 Å². The zero-order valence-corrected chi connectivity index (χ0v) is 9.49. The Labute approximate surface area is 98.5 Å². The number of para-hydroxylation sites is 1. The van der Waals surface area contributed by atoms with Gasteiger partial charge >= 0.3 is 0 Å². The first-order valence-electron chi connectivity index (χ1n) is 4.78. The van der Waals surface area contributed by atoms with Gasteiger partial charge in [0.15, 0.2) is 0 Å². The van der Waals surface area contributed by atoms with Gasteiger partial charge in [0, 0.05) is 11.8 Å². The van der Waals surface area contributed by atoms with Crippen LogP contribution in [0.2, 0.25) is 5.02 Å². The first-order valence-corrected chi connectivity index (χ1v) is 5.15. The van der Waals surface area contributed by atoms with Crippen molar-refractivity contribution in [3.8, 4) is 0 Å². The second-order valence-corrected chi connectivity index (χ2v) is 3.77. The summed E-state index contributed by atoms with van der Waals surface area (Å²) in [5, 5.41) is 3.64. The summed E-state index contributed by atoms with van der Waals surface area (Å²) < 4.78 is 0. The molecule has 0 amide bonds. The highest BCUT2D eigenvalue weighted by molar-refractivity contribution is 6.33. The molecule has 0 aliphatic heterocycles. The van der Waals surface area contributed by atoms with Crippen LogP contribution in [0.3, 0.4) is 0 Å². The van der Waals surface area contributed by atoms with E-state index in [9.17, 15) is 0 Å². The molecule has 0 bridgehead atoms. The van der Waals surface area contributed by atoms with E-state index in [2.05, 4.69) is 15.3 Å². The smallest absolute Gasteiger partial charge is 0.229 e. The molecule has 4 nitrogen and oxygen atoms in total. The summed E-state index contributed by atoms with van der Waals surface area (Å²) >= 11 is 6.00. The van der Waals surface area contributed by atoms with Crippen LogP contribution in [0.1, 0.15) is 5.69 Å². The molecular weight excluding hydrogens is 224 g/mol. The second-order valence-electron chi connectivity index (χ2n) is 3.36. The first-order chi connectivity index (χ1) is 7.65. The van der Waals surface area contributed by atoms with Crippen LogP contribution in [-0.2, 0) is 0 Å². The molecule has 0 atom stereocenters. The monoisotopic (exact) mass is 234 g/mol. The highest BCUT2D eigenvalue weighted by atomic mass is 35.5. The Morgan fingerprint density at radius 2 is 2.00 bits per heavy atom. The number of rotatable bonds is 2. The molecule has 2 aromatic rings. The number of benzene rings is 1. The van der Waals surface area contributed by atoms with Crippen molar-refractivity contribution in [2.24, 2.45) is 0 Å². The third-order valence-electron chi connectivity index (χ3n) is 1.99. The quantitative estimate of drug-likeness (QED) is 0.839. The maximum absolute atomic E-state index is 6.00. The Kier molecular flexibility index (Phi) is 2.92. The largest absolute Gasteiger partial charge is 0.384 e. The molecule has 2 rings (SSSR count). The van der Waals surface area contributed by atoms with E-state index in [1.807, 2.05) is 25.1 Å². The SMILES string of the molecule is Cc1cc(N)nc(Nc2ccccc2Cl)n1. The molecule has 0 radical (unpaired) electrons. The van der Waals surface area contributed by atoms with Crippen LogP contribution in [0.15, 0.2) is 30.3 Å². The fourth-order valence-corrected chi connectivity index (χ4v) is 1.51. The molecule has 5 heteroatoms. The van der Waals surface area contributed by atoms with Crippen LogP contribution in [-0.4, -0.2) is 9.97 Å². The number of anilines is 3. The van der Waals surface area contributed by atoms with Gasteiger partial charge in [-0.25, -0.2) is 4.98 Å². The average molecular weight is 235 g/mol. The summed E-state index contributed by atoms with van der Waals surface area (Å²) in [6.45, 7) is 1.86. The molecule has 0 spiro atoms. The van der Waals surface area contributed by atoms with Gasteiger partial charge in [-0.05, 0) is 19.1 Å². The van der Waals surface area contributed by atoms with Crippen molar-refractivity contribution in [3.05, 3.63) is 41.0 Å². The van der Waals surface area contributed by atoms with E-state index >= 15 is 0 Å². The summed E-state index contributed by atoms with van der Waals surface area (Å²) in [6, 6.07) is 9.09. The Morgan fingerprint density at radius 1 is 1.25 bits per heavy atom. The number of halogens is 1. The molecule has 1 aromatic heterocycles. The van der Waals surface area contributed by atoms with E-state index in [0.29, 0.717) is 16.8 Å². The minimum atomic E-state index is 0.432. The van der Waals surface area contributed by atoms with Gasteiger partial charge in [-0.3, -0.25) is 0 Å². The van der Waals surface area contributed by atoms with Crippen molar-refractivity contribution in [3.63, 3.8) is 0 Å². The standard InChI is InChI=1S/C11H11ClN4/c1-7-6-10(13)16-11(14-7)15-9-5-3-2-4-8(9)12/h2-6H,1H3,(H3,13,14,15,16). The lowest BCUT2D eigenvalue weighted by molar-refractivity contribution is 1.11. The minimum absolute atomic E-state index is 0.432. The maximum atomic E-state index is 6.00. The summed E-state index contributed by atoms with van der Waals surface area (Å²) in [4.78, 5) is 8.28. The molecule has 1 heterocycles. The molecular formula is C11H11ClN4. The number of aromatic nitrogens is 2. The topological polar surface area (TPSA) is 63.8 Å². The van der Waals surface area contributed by atoms with Gasteiger partial charge in [-0.1, -0.05) is 23.7 Å². The Morgan fingerprint density at radius 3 is 2.69 bits per heavy atom. The van der Waals surface area contributed by atoms with Crippen molar-refractivity contribution in [1.29, 1.82) is 0 Å². The first kappa shape index (κ1) is 10.7. The van der Waals surface area contributed by atoms with Gasteiger partial charge in [0.25, 0.3) is 0 Å². The van der Waals surface area contributed by atoms with E-state index < -0.39 is 0 Å². The van der Waals surface area contributed by atoms with Gasteiger partial charge in [0.05, 0.1) is 10.7 Å². The number of nitrogens with zero attached hydrogens (tertiary/aromatic N) is 2. The molecule has 0 unspecified atom stereocenters. The zero-order chi connectivity index (χ0) is 11.5. The van der Waals surface area contributed by atoms with E-state index in [0.717, 1.165) is 11.4 Å². The third kappa shape index (κ3) is 2.41. The molecule has 82 valence electrons. The van der Waals surface area contributed by atoms with Gasteiger partial charge in [-0.15, -0.1) is 0 Å². The predicted molar refractivity (Wildman–Crippen MR) is 65.9 cm³/mol. The van der Waals surface area contributed by atoms with E-state index in [4.69, 9.17) is 17.3 Å². The molecule has 0 aliphatic rings. The van der Waals surface area contributed by atoms with Crippen molar-refractivity contribution in [1.82, 2.24) is 9.97 Å². The predicted octanol–water partition coefficient (Wildman–Crippen LogP) is 2.76. The maximum Gasteiger partial charge on any atom is 0.229 e. The van der Waals surface area contributed by atoms with Crippen LogP contribution in [0, 0.1) is 6.92 Å². The number of aryl methyl sites for hydroxylation is 1. The molecule has 0 saturated carbocycles. The lowest BCUT2D eigenvalue weighted by atomic mass is 10.3. The highest BCUT2D eigenvalue weighted by Crippen LogP contribution is 2.23. The molecule has 0 fully saturated rings. The van der Waals surface area contributed by atoms with Gasteiger partial charge in [0.1, 0.15) is 5.82 Å².